The van der Waals surface area contributed by atoms with Crippen LogP contribution in [0.2, 0.25) is 0 Å². The number of esters is 1. The number of aromatic nitrogens is 1. The molecule has 1 N–H and O–H groups in total. The van der Waals surface area contributed by atoms with Crippen LogP contribution in [0.15, 0.2) is 23.1 Å². The fourth-order valence-corrected chi connectivity index (χ4v) is 1.69. The van der Waals surface area contributed by atoms with Crippen LogP contribution in [0, 0.1) is 17.1 Å². The van der Waals surface area contributed by atoms with Gasteiger partial charge in [-0.25, -0.2) is 9.18 Å². The van der Waals surface area contributed by atoms with Crippen LogP contribution in [0.25, 0.3) is 10.9 Å². The van der Waals surface area contributed by atoms with Crippen LogP contribution < -0.4 is 5.43 Å². The summed E-state index contributed by atoms with van der Waals surface area (Å²) in [5.74, 6) is -1.57. The minimum Gasteiger partial charge on any atom is -0.462 e. The number of nitrogens with one attached hydrogen (secondary N) is 1. The van der Waals surface area contributed by atoms with E-state index in [9.17, 15) is 14.0 Å². The van der Waals surface area contributed by atoms with Gasteiger partial charge in [-0.05, 0) is 19.1 Å². The minimum atomic E-state index is -0.804. The van der Waals surface area contributed by atoms with Crippen LogP contribution >= 0.6 is 0 Å². The number of ether oxygens (including phenoxy) is 1. The average Bonchev–Trinajstić information content (AvgIpc) is 2.39. The number of halogens is 1. The number of pyridine rings is 1. The molecule has 0 bridgehead atoms. The number of hydrogen-bond acceptors (Lipinski definition) is 4. The predicted octanol–water partition coefficient (Wildman–Crippen LogP) is 1.72. The quantitative estimate of drug-likeness (QED) is 0.833. The van der Waals surface area contributed by atoms with Crippen LogP contribution in [0.4, 0.5) is 4.39 Å². The molecule has 0 unspecified atom stereocenters. The molecule has 0 saturated carbocycles. The number of nitriles is 1. The molecule has 1 aromatic carbocycles. The molecule has 0 fully saturated rings. The van der Waals surface area contributed by atoms with Crippen molar-refractivity contribution in [3.8, 4) is 6.07 Å². The van der Waals surface area contributed by atoms with Crippen molar-refractivity contribution in [2.45, 2.75) is 6.92 Å². The van der Waals surface area contributed by atoms with Gasteiger partial charge in [0.25, 0.3) is 0 Å². The van der Waals surface area contributed by atoms with Crippen molar-refractivity contribution in [1.82, 2.24) is 4.98 Å². The Hall–Kier alpha value is -2.68. The summed E-state index contributed by atoms with van der Waals surface area (Å²) < 4.78 is 18.2. The van der Waals surface area contributed by atoms with Gasteiger partial charge in [-0.15, -0.1) is 0 Å². The highest BCUT2D eigenvalue weighted by Gasteiger charge is 2.15. The normalized spacial score (nSPS) is 10.2. The number of fused-ring (bicyclic) bond motifs is 1. The van der Waals surface area contributed by atoms with Gasteiger partial charge in [0.2, 0.25) is 5.43 Å². The van der Waals surface area contributed by atoms with Gasteiger partial charge in [0.1, 0.15) is 17.4 Å². The minimum absolute atomic E-state index is 0.00190. The molecule has 1 aromatic heterocycles. The second-order valence-corrected chi connectivity index (χ2v) is 3.74. The van der Waals surface area contributed by atoms with E-state index >= 15 is 0 Å². The van der Waals surface area contributed by atoms with Crippen molar-refractivity contribution in [2.75, 3.05) is 6.61 Å². The molecule has 1 heterocycles. The topological polar surface area (TPSA) is 82.9 Å². The molecule has 0 aliphatic carbocycles. The Labute approximate surface area is 107 Å². The van der Waals surface area contributed by atoms with Crippen LogP contribution in [0.1, 0.15) is 22.8 Å². The number of carbonyl (C=O) groups is 1. The molecule has 0 atom stereocenters. The van der Waals surface area contributed by atoms with E-state index in [0.717, 1.165) is 6.07 Å². The molecule has 0 radical (unpaired) electrons. The summed E-state index contributed by atoms with van der Waals surface area (Å²) in [6.45, 7) is 1.75. The molecule has 19 heavy (non-hydrogen) atoms. The highest BCUT2D eigenvalue weighted by atomic mass is 19.1. The molecule has 2 rings (SSSR count). The van der Waals surface area contributed by atoms with Gasteiger partial charge >= 0.3 is 5.97 Å². The second kappa shape index (κ2) is 4.90. The van der Waals surface area contributed by atoms with Crippen LogP contribution in [0.5, 0.6) is 0 Å². The van der Waals surface area contributed by atoms with E-state index in [4.69, 9.17) is 10.00 Å². The fourth-order valence-electron chi connectivity index (χ4n) is 1.69. The average molecular weight is 260 g/mol. The number of H-pyrrole nitrogens is 1. The number of rotatable bonds is 2. The van der Waals surface area contributed by atoms with Crippen molar-refractivity contribution >= 4 is 16.9 Å². The molecule has 0 spiro atoms. The van der Waals surface area contributed by atoms with Gasteiger partial charge < -0.3 is 9.72 Å². The van der Waals surface area contributed by atoms with E-state index < -0.39 is 17.2 Å². The third kappa shape index (κ3) is 2.18. The number of aromatic amines is 1. The smallest absolute Gasteiger partial charge is 0.343 e. The van der Waals surface area contributed by atoms with E-state index in [1.165, 1.54) is 12.3 Å². The first-order chi connectivity index (χ1) is 9.08. The molecule has 0 saturated heterocycles. The Morgan fingerprint density at radius 2 is 2.26 bits per heavy atom. The zero-order valence-electron chi connectivity index (χ0n) is 9.99. The Balaban J connectivity index is 2.70. The highest BCUT2D eigenvalue weighted by molar-refractivity contribution is 5.93. The second-order valence-electron chi connectivity index (χ2n) is 3.74. The molecular formula is C13H9FN2O3. The number of nitrogens with zero attached hydrogens (tertiary/aromatic N) is 1. The number of carbonyl (C=O) groups excluding carboxylic acids is 1. The maximum Gasteiger partial charge on any atom is 0.343 e. The van der Waals surface area contributed by atoms with Crippen molar-refractivity contribution < 1.29 is 13.9 Å². The van der Waals surface area contributed by atoms with Gasteiger partial charge in [-0.2, -0.15) is 5.26 Å². The summed E-state index contributed by atoms with van der Waals surface area (Å²) in [7, 11) is 0. The summed E-state index contributed by atoms with van der Waals surface area (Å²) in [6, 6.07) is 3.84. The lowest BCUT2D eigenvalue weighted by Gasteiger charge is -2.04. The lowest BCUT2D eigenvalue weighted by atomic mass is 10.1. The van der Waals surface area contributed by atoms with Gasteiger partial charge in [0.15, 0.2) is 0 Å². The maximum absolute atomic E-state index is 13.5. The lowest BCUT2D eigenvalue weighted by molar-refractivity contribution is 0.0524. The Morgan fingerprint density at radius 1 is 1.53 bits per heavy atom. The Morgan fingerprint density at radius 3 is 2.89 bits per heavy atom. The zero-order chi connectivity index (χ0) is 14.0. The van der Waals surface area contributed by atoms with E-state index in [-0.39, 0.29) is 28.6 Å². The summed E-state index contributed by atoms with van der Waals surface area (Å²) in [5, 5.41) is 8.71. The molecule has 5 nitrogen and oxygen atoms in total. The standard InChI is InChI=1S/C13H9FN2O3/c1-2-19-13(18)9-6-16-11-3-7(5-15)10(14)4-8(11)12(9)17/h3-4,6H,2H2,1H3,(H,16,17). The predicted molar refractivity (Wildman–Crippen MR) is 65.2 cm³/mol. The fraction of sp³-hybridized carbons (Fsp3) is 0.154. The van der Waals surface area contributed by atoms with Gasteiger partial charge in [-0.1, -0.05) is 0 Å². The first kappa shape index (κ1) is 12.8. The third-order valence-corrected chi connectivity index (χ3v) is 2.58. The molecule has 6 heteroatoms. The summed E-state index contributed by atoms with van der Waals surface area (Å²) >= 11 is 0. The highest BCUT2D eigenvalue weighted by Crippen LogP contribution is 2.15. The van der Waals surface area contributed by atoms with Gasteiger partial charge in [-0.3, -0.25) is 4.79 Å². The third-order valence-electron chi connectivity index (χ3n) is 2.58. The van der Waals surface area contributed by atoms with E-state index in [0.29, 0.717) is 0 Å². The number of benzene rings is 1. The Kier molecular flexibility index (Phi) is 3.29. The molecule has 0 amide bonds. The van der Waals surface area contributed by atoms with Crippen molar-refractivity contribution in [1.29, 1.82) is 5.26 Å². The Bertz CT molecular complexity index is 759. The van der Waals surface area contributed by atoms with Crippen LogP contribution in [0.3, 0.4) is 0 Å². The summed E-state index contributed by atoms with van der Waals surface area (Å²) in [6.07, 6.45) is 1.20. The SMILES string of the molecule is CCOC(=O)c1c[nH]c2cc(C#N)c(F)cc2c1=O. The van der Waals surface area contributed by atoms with Crippen molar-refractivity contribution in [3.63, 3.8) is 0 Å². The van der Waals surface area contributed by atoms with Crippen molar-refractivity contribution in [3.05, 3.63) is 45.5 Å². The first-order valence-corrected chi connectivity index (χ1v) is 5.50. The van der Waals surface area contributed by atoms with E-state index in [1.807, 2.05) is 0 Å². The molecule has 96 valence electrons. The molecule has 0 aliphatic heterocycles. The number of hydrogen-bond donors (Lipinski definition) is 1. The largest absolute Gasteiger partial charge is 0.462 e. The van der Waals surface area contributed by atoms with Crippen LogP contribution in [-0.4, -0.2) is 17.6 Å². The first-order valence-electron chi connectivity index (χ1n) is 5.50. The monoisotopic (exact) mass is 260 g/mol. The van der Waals surface area contributed by atoms with E-state index in [1.54, 1.807) is 13.0 Å². The zero-order valence-corrected chi connectivity index (χ0v) is 9.99. The maximum atomic E-state index is 13.5. The molecular weight excluding hydrogens is 251 g/mol. The molecule has 2 aromatic rings. The van der Waals surface area contributed by atoms with Gasteiger partial charge in [0, 0.05) is 11.6 Å². The van der Waals surface area contributed by atoms with Crippen molar-refractivity contribution in [2.24, 2.45) is 0 Å². The molecule has 0 aliphatic rings. The summed E-state index contributed by atoms with van der Waals surface area (Å²) in [5.41, 5.74) is -0.711. The lowest BCUT2D eigenvalue weighted by Crippen LogP contribution is -2.18. The van der Waals surface area contributed by atoms with Crippen LogP contribution in [-0.2, 0) is 4.74 Å². The summed E-state index contributed by atoms with van der Waals surface area (Å²) in [4.78, 5) is 26.2. The van der Waals surface area contributed by atoms with Gasteiger partial charge in [0.05, 0.1) is 17.7 Å². The van der Waals surface area contributed by atoms with E-state index in [2.05, 4.69) is 4.98 Å².